The Kier molecular flexibility index (Phi) is 10.3. The van der Waals surface area contributed by atoms with E-state index in [1.165, 1.54) is 0 Å². The highest BCUT2D eigenvalue weighted by Gasteiger charge is 2.20. The molecule has 1 aliphatic rings. The Bertz CT molecular complexity index is 980. The van der Waals surface area contributed by atoms with Crippen LogP contribution >= 0.6 is 24.0 Å². The van der Waals surface area contributed by atoms with Crippen LogP contribution in [0.2, 0.25) is 0 Å². The number of nitrogens with zero attached hydrogens (tertiary/aromatic N) is 3. The molecule has 7 nitrogen and oxygen atoms in total. The number of nitrogens with one attached hydrogen (secondary N) is 1. The van der Waals surface area contributed by atoms with Crippen molar-refractivity contribution < 1.29 is 14.3 Å². The molecule has 1 amide bonds. The van der Waals surface area contributed by atoms with Gasteiger partial charge in [-0.15, -0.1) is 24.0 Å². The zero-order chi connectivity index (χ0) is 23.1. The summed E-state index contributed by atoms with van der Waals surface area (Å²) in [6.45, 7) is 4.94. The third-order valence-corrected chi connectivity index (χ3v) is 5.81. The molecule has 2 aromatic rings. The Hall–Kier alpha value is -2.49. The molecule has 0 aliphatic carbocycles. The first-order chi connectivity index (χ1) is 15.4. The quantitative estimate of drug-likeness (QED) is 0.298. The number of methoxy groups -OCH3 is 2. The lowest BCUT2D eigenvalue weighted by molar-refractivity contribution is -0.128. The number of likely N-dealkylation sites (tertiary alicyclic amines) is 1. The average Bonchev–Trinajstić information content (AvgIpc) is 3.19. The molecule has 1 saturated heterocycles. The van der Waals surface area contributed by atoms with Gasteiger partial charge in [0.25, 0.3) is 0 Å². The van der Waals surface area contributed by atoms with Crippen molar-refractivity contribution in [3.05, 3.63) is 58.7 Å². The van der Waals surface area contributed by atoms with E-state index in [1.807, 2.05) is 30.1 Å². The van der Waals surface area contributed by atoms with Crippen molar-refractivity contribution in [1.29, 1.82) is 0 Å². The minimum Gasteiger partial charge on any atom is -0.493 e. The van der Waals surface area contributed by atoms with Gasteiger partial charge in [0, 0.05) is 46.7 Å². The summed E-state index contributed by atoms with van der Waals surface area (Å²) in [6.07, 6.45) is 1.63. The van der Waals surface area contributed by atoms with Gasteiger partial charge < -0.3 is 24.6 Å². The predicted octanol–water partition coefficient (Wildman–Crippen LogP) is 3.96. The number of aliphatic imine (C=N–C) groups is 1. The highest BCUT2D eigenvalue weighted by molar-refractivity contribution is 14.0. The van der Waals surface area contributed by atoms with Crippen molar-refractivity contribution in [3.8, 4) is 11.5 Å². The maximum Gasteiger partial charge on any atom is 0.222 e. The second kappa shape index (κ2) is 12.7. The molecular weight excluding hydrogens is 531 g/mol. The number of halogens is 1. The van der Waals surface area contributed by atoms with Crippen molar-refractivity contribution in [3.63, 3.8) is 0 Å². The fourth-order valence-corrected chi connectivity index (χ4v) is 4.02. The van der Waals surface area contributed by atoms with E-state index in [0.29, 0.717) is 26.1 Å². The fraction of sp³-hybridized carbons (Fsp3) is 0.440. The van der Waals surface area contributed by atoms with E-state index < -0.39 is 0 Å². The van der Waals surface area contributed by atoms with Crippen LogP contribution < -0.4 is 14.8 Å². The minimum atomic E-state index is 0. The first kappa shape index (κ1) is 26.8. The van der Waals surface area contributed by atoms with E-state index in [4.69, 9.17) is 9.47 Å². The fourth-order valence-electron chi connectivity index (χ4n) is 4.02. The molecule has 180 valence electrons. The van der Waals surface area contributed by atoms with Gasteiger partial charge in [-0.1, -0.05) is 24.3 Å². The minimum absolute atomic E-state index is 0. The van der Waals surface area contributed by atoms with Crippen molar-refractivity contribution in [2.24, 2.45) is 4.99 Å². The number of hydrogen-bond donors (Lipinski definition) is 1. The highest BCUT2D eigenvalue weighted by Crippen LogP contribution is 2.30. The van der Waals surface area contributed by atoms with Gasteiger partial charge in [0.15, 0.2) is 17.5 Å². The lowest BCUT2D eigenvalue weighted by atomic mass is 10.1. The average molecular weight is 566 g/mol. The lowest BCUT2D eigenvalue weighted by Gasteiger charge is -2.24. The molecule has 0 atom stereocenters. The molecule has 0 radical (unpaired) electrons. The van der Waals surface area contributed by atoms with E-state index >= 15 is 0 Å². The molecule has 0 aromatic heterocycles. The number of carbonyl (C=O) groups is 1. The van der Waals surface area contributed by atoms with Crippen LogP contribution in [-0.2, 0) is 24.4 Å². The second-order valence-electron chi connectivity index (χ2n) is 8.13. The van der Waals surface area contributed by atoms with Gasteiger partial charge in [-0.2, -0.15) is 0 Å². The molecule has 0 unspecified atom stereocenters. The number of hydrogen-bond acceptors (Lipinski definition) is 4. The molecule has 0 bridgehead atoms. The molecule has 2 aromatic carbocycles. The summed E-state index contributed by atoms with van der Waals surface area (Å²) in [7, 11) is 7.10. The maximum atomic E-state index is 11.9. The van der Waals surface area contributed by atoms with Crippen molar-refractivity contribution >= 4 is 35.8 Å². The van der Waals surface area contributed by atoms with E-state index in [9.17, 15) is 4.79 Å². The summed E-state index contributed by atoms with van der Waals surface area (Å²) in [5.41, 5.74) is 4.59. The number of aryl methyl sites for hydroxylation is 1. The molecule has 0 spiro atoms. The van der Waals surface area contributed by atoms with Gasteiger partial charge in [0.1, 0.15) is 0 Å². The lowest BCUT2D eigenvalue weighted by Crippen LogP contribution is -2.38. The zero-order valence-corrected chi connectivity index (χ0v) is 22.5. The number of benzene rings is 2. The van der Waals surface area contributed by atoms with E-state index in [2.05, 4.69) is 40.3 Å². The Morgan fingerprint density at radius 2 is 1.85 bits per heavy atom. The van der Waals surface area contributed by atoms with Crippen LogP contribution in [0, 0.1) is 6.92 Å². The van der Waals surface area contributed by atoms with Gasteiger partial charge in [-0.05, 0) is 47.7 Å². The van der Waals surface area contributed by atoms with Crippen LogP contribution in [0.5, 0.6) is 11.5 Å². The summed E-state index contributed by atoms with van der Waals surface area (Å²) in [5.74, 6) is 2.51. The van der Waals surface area contributed by atoms with Crippen molar-refractivity contribution in [2.75, 3.05) is 34.9 Å². The molecule has 0 saturated carbocycles. The SMILES string of the molecule is CN=C(NCc1cccc(CN2CCCC2=O)c1)N(C)Cc1cc(OC)c(OC)cc1C.I. The normalized spacial score (nSPS) is 13.5. The number of guanidine groups is 1. The predicted molar refractivity (Wildman–Crippen MR) is 142 cm³/mol. The summed E-state index contributed by atoms with van der Waals surface area (Å²) in [4.78, 5) is 20.4. The Morgan fingerprint density at radius 3 is 2.48 bits per heavy atom. The van der Waals surface area contributed by atoms with Gasteiger partial charge in [-0.3, -0.25) is 9.79 Å². The topological polar surface area (TPSA) is 66.4 Å². The van der Waals surface area contributed by atoms with Crippen LogP contribution in [0.3, 0.4) is 0 Å². The number of carbonyl (C=O) groups excluding carboxylic acids is 1. The molecular formula is C25H35IN4O3. The third kappa shape index (κ3) is 6.99. The van der Waals surface area contributed by atoms with Gasteiger partial charge in [0.2, 0.25) is 5.91 Å². The van der Waals surface area contributed by atoms with Crippen molar-refractivity contribution in [1.82, 2.24) is 15.1 Å². The molecule has 3 rings (SSSR count). The monoisotopic (exact) mass is 566 g/mol. The van der Waals surface area contributed by atoms with Crippen LogP contribution in [0.25, 0.3) is 0 Å². The molecule has 1 heterocycles. The first-order valence-corrected chi connectivity index (χ1v) is 10.9. The molecule has 1 fully saturated rings. The zero-order valence-electron chi connectivity index (χ0n) is 20.2. The van der Waals surface area contributed by atoms with E-state index in [0.717, 1.165) is 52.7 Å². The summed E-state index contributed by atoms with van der Waals surface area (Å²) in [6, 6.07) is 12.4. The molecule has 33 heavy (non-hydrogen) atoms. The Morgan fingerprint density at radius 1 is 1.15 bits per heavy atom. The van der Waals surface area contributed by atoms with Crippen LogP contribution in [0.4, 0.5) is 0 Å². The van der Waals surface area contributed by atoms with Crippen LogP contribution in [-0.4, -0.2) is 56.5 Å². The maximum absolute atomic E-state index is 11.9. The number of amides is 1. The van der Waals surface area contributed by atoms with Gasteiger partial charge in [-0.25, -0.2) is 0 Å². The molecule has 1 aliphatic heterocycles. The summed E-state index contributed by atoms with van der Waals surface area (Å²) in [5, 5.41) is 3.45. The first-order valence-electron chi connectivity index (χ1n) is 10.9. The van der Waals surface area contributed by atoms with Crippen LogP contribution in [0.1, 0.15) is 35.1 Å². The van der Waals surface area contributed by atoms with Crippen molar-refractivity contribution in [2.45, 2.75) is 39.4 Å². The largest absolute Gasteiger partial charge is 0.493 e. The van der Waals surface area contributed by atoms with Crippen LogP contribution in [0.15, 0.2) is 41.4 Å². The Labute approximate surface area is 214 Å². The van der Waals surface area contributed by atoms with E-state index in [-0.39, 0.29) is 29.9 Å². The smallest absolute Gasteiger partial charge is 0.222 e. The second-order valence-corrected chi connectivity index (χ2v) is 8.13. The molecule has 1 N–H and O–H groups in total. The third-order valence-electron chi connectivity index (χ3n) is 5.81. The standard InChI is InChI=1S/C25H34N4O3.HI/c1-18-12-22(31-4)23(32-5)14-21(18)17-28(3)25(26-2)27-15-19-8-6-9-20(13-19)16-29-11-7-10-24(29)30;/h6,8-9,12-14H,7,10-11,15-17H2,1-5H3,(H,26,27);1H. The molecule has 8 heteroatoms. The number of rotatable bonds is 8. The Balaban J connectivity index is 0.00000385. The van der Waals surface area contributed by atoms with Gasteiger partial charge >= 0.3 is 0 Å². The summed E-state index contributed by atoms with van der Waals surface area (Å²) < 4.78 is 10.9. The summed E-state index contributed by atoms with van der Waals surface area (Å²) >= 11 is 0. The highest BCUT2D eigenvalue weighted by atomic mass is 127. The number of ether oxygens (including phenoxy) is 2. The van der Waals surface area contributed by atoms with Gasteiger partial charge in [0.05, 0.1) is 14.2 Å². The van der Waals surface area contributed by atoms with E-state index in [1.54, 1.807) is 21.3 Å².